The number of nitro groups is 1. The van der Waals surface area contributed by atoms with Gasteiger partial charge in [-0.2, -0.15) is 0 Å². The molecule has 0 heterocycles. The first-order chi connectivity index (χ1) is 10.7. The molecule has 4 heteroatoms. The van der Waals surface area contributed by atoms with Crippen molar-refractivity contribution < 1.29 is 4.92 Å². The highest BCUT2D eigenvalue weighted by Crippen LogP contribution is 2.44. The van der Waals surface area contributed by atoms with E-state index in [4.69, 9.17) is 5.73 Å². The van der Waals surface area contributed by atoms with Gasteiger partial charge in [-0.1, -0.05) is 54.6 Å². The maximum Gasteiger partial charge on any atom is 0.285 e. The Morgan fingerprint density at radius 1 is 0.864 bits per heavy atom. The molecule has 0 unspecified atom stereocenters. The molecule has 0 saturated carbocycles. The molecule has 106 valence electrons. The Kier molecular flexibility index (Phi) is 2.53. The summed E-state index contributed by atoms with van der Waals surface area (Å²) in [6.45, 7) is 0. The quantitative estimate of drug-likeness (QED) is 0.333. The number of anilines is 1. The molecule has 0 amide bonds. The number of hydrogen-bond acceptors (Lipinski definition) is 3. The maximum atomic E-state index is 11.7. The van der Waals surface area contributed by atoms with Crippen LogP contribution in [0.1, 0.15) is 0 Å². The fourth-order valence-electron chi connectivity index (χ4n) is 3.12. The summed E-state index contributed by atoms with van der Waals surface area (Å²) in [6, 6.07) is 18.7. The second kappa shape index (κ2) is 4.43. The number of nitro benzene ring substituents is 1. The second-order valence-corrected chi connectivity index (χ2v) is 5.31. The van der Waals surface area contributed by atoms with Gasteiger partial charge in [0.1, 0.15) is 0 Å². The van der Waals surface area contributed by atoms with E-state index in [2.05, 4.69) is 0 Å². The van der Waals surface area contributed by atoms with E-state index >= 15 is 0 Å². The van der Waals surface area contributed by atoms with Crippen molar-refractivity contribution in [1.82, 2.24) is 0 Å². The summed E-state index contributed by atoms with van der Waals surface area (Å²) in [7, 11) is 0. The van der Waals surface area contributed by atoms with Gasteiger partial charge in [-0.15, -0.1) is 0 Å². The number of fused-ring (bicyclic) bond motifs is 2. The summed E-state index contributed by atoms with van der Waals surface area (Å²) in [5.41, 5.74) is 8.26. The van der Waals surface area contributed by atoms with Crippen molar-refractivity contribution in [1.29, 1.82) is 0 Å². The van der Waals surface area contributed by atoms with E-state index in [0.29, 0.717) is 16.6 Å². The molecule has 0 aliphatic carbocycles. The zero-order chi connectivity index (χ0) is 15.3. The van der Waals surface area contributed by atoms with Gasteiger partial charge in [-0.05, 0) is 22.4 Å². The van der Waals surface area contributed by atoms with Gasteiger partial charge in [0.05, 0.1) is 15.9 Å². The topological polar surface area (TPSA) is 69.2 Å². The molecule has 0 aliphatic rings. The van der Waals surface area contributed by atoms with Gasteiger partial charge < -0.3 is 5.73 Å². The van der Waals surface area contributed by atoms with Gasteiger partial charge in [-0.3, -0.25) is 10.1 Å². The van der Waals surface area contributed by atoms with Crippen molar-refractivity contribution in [3.8, 4) is 11.1 Å². The fourth-order valence-corrected chi connectivity index (χ4v) is 3.12. The standard InChI is InChI=1S/C18H12N2O2/c19-15-10-14(11-4-2-1-3-5-11)18(20(21)22)17-13-8-6-12(7-9-13)16(15)17/h1-10H,19H2. The minimum Gasteiger partial charge on any atom is -0.398 e. The van der Waals surface area contributed by atoms with E-state index in [0.717, 1.165) is 21.7 Å². The van der Waals surface area contributed by atoms with Crippen molar-refractivity contribution in [2.24, 2.45) is 0 Å². The Morgan fingerprint density at radius 2 is 1.45 bits per heavy atom. The Bertz CT molecular complexity index is 990. The van der Waals surface area contributed by atoms with Crippen molar-refractivity contribution >= 4 is 32.9 Å². The first-order valence-electron chi connectivity index (χ1n) is 6.94. The van der Waals surface area contributed by atoms with Gasteiger partial charge in [0.25, 0.3) is 5.69 Å². The van der Waals surface area contributed by atoms with Crippen LogP contribution in [0.3, 0.4) is 0 Å². The number of hydrogen-bond donors (Lipinski definition) is 1. The van der Waals surface area contributed by atoms with Crippen LogP contribution in [-0.4, -0.2) is 4.92 Å². The molecule has 4 nitrogen and oxygen atoms in total. The molecule has 0 aromatic heterocycles. The van der Waals surface area contributed by atoms with Crippen molar-refractivity contribution in [2.45, 2.75) is 0 Å². The summed E-state index contributed by atoms with van der Waals surface area (Å²) in [5.74, 6) is 0. The number of rotatable bonds is 2. The van der Waals surface area contributed by atoms with E-state index in [1.807, 2.05) is 54.6 Å². The van der Waals surface area contributed by atoms with Crippen molar-refractivity contribution in [2.75, 3.05) is 5.73 Å². The SMILES string of the molecule is Nc1cc(-c2ccccc2)c([N+](=O)[O-])c2c3ccc(cc3)c12. The third-order valence-electron chi connectivity index (χ3n) is 4.06. The normalized spacial score (nSPS) is 11.3. The lowest BCUT2D eigenvalue weighted by molar-refractivity contribution is -0.382. The zero-order valence-corrected chi connectivity index (χ0v) is 11.6. The van der Waals surface area contributed by atoms with Crippen LogP contribution in [0.5, 0.6) is 0 Å². The van der Waals surface area contributed by atoms with Crippen LogP contribution >= 0.6 is 0 Å². The van der Waals surface area contributed by atoms with Gasteiger partial charge >= 0.3 is 0 Å². The fraction of sp³-hybridized carbons (Fsp3) is 0. The molecule has 5 aromatic rings. The highest BCUT2D eigenvalue weighted by Gasteiger charge is 2.24. The van der Waals surface area contributed by atoms with Crippen LogP contribution < -0.4 is 5.73 Å². The summed E-state index contributed by atoms with van der Waals surface area (Å²) in [4.78, 5) is 11.4. The number of nitrogens with two attached hydrogens (primary N) is 1. The molecule has 2 N–H and O–H groups in total. The molecule has 0 atom stereocenters. The predicted molar refractivity (Wildman–Crippen MR) is 89.1 cm³/mol. The summed E-state index contributed by atoms with van der Waals surface area (Å²) in [6.07, 6.45) is 0. The first-order valence-corrected chi connectivity index (χ1v) is 6.94. The second-order valence-electron chi connectivity index (χ2n) is 5.31. The molecule has 0 spiro atoms. The molecule has 0 saturated heterocycles. The Hall–Kier alpha value is -3.14. The van der Waals surface area contributed by atoms with Crippen LogP contribution in [0.4, 0.5) is 11.4 Å². The largest absolute Gasteiger partial charge is 0.398 e. The Balaban J connectivity index is 2.23. The highest BCUT2D eigenvalue weighted by atomic mass is 16.6. The summed E-state index contributed by atoms with van der Waals surface area (Å²) < 4.78 is 0. The van der Waals surface area contributed by atoms with Crippen LogP contribution in [-0.2, 0) is 0 Å². The lowest BCUT2D eigenvalue weighted by Crippen LogP contribution is -1.98. The number of benzene rings is 5. The average Bonchev–Trinajstić information content (AvgIpc) is 2.56. The minimum atomic E-state index is -0.309. The Labute approximate surface area is 126 Å². The lowest BCUT2D eigenvalue weighted by Gasteiger charge is -2.13. The van der Waals surface area contributed by atoms with Gasteiger partial charge in [0.15, 0.2) is 0 Å². The smallest absolute Gasteiger partial charge is 0.285 e. The Morgan fingerprint density at radius 3 is 2.05 bits per heavy atom. The summed E-state index contributed by atoms with van der Waals surface area (Å²) >= 11 is 0. The van der Waals surface area contributed by atoms with Crippen molar-refractivity contribution in [3.05, 3.63) is 70.8 Å². The van der Waals surface area contributed by atoms with Crippen LogP contribution in [0.15, 0.2) is 60.7 Å². The molecule has 0 aliphatic heterocycles. The molecule has 22 heavy (non-hydrogen) atoms. The molecule has 5 aromatic carbocycles. The van der Waals surface area contributed by atoms with Gasteiger partial charge in [0, 0.05) is 11.1 Å². The minimum absolute atomic E-state index is 0.122. The highest BCUT2D eigenvalue weighted by molar-refractivity contribution is 6.21. The van der Waals surface area contributed by atoms with Gasteiger partial charge in [-0.25, -0.2) is 0 Å². The predicted octanol–water partition coefficient (Wildman–Crippen LogP) is 4.59. The average molecular weight is 288 g/mol. The molecule has 0 fully saturated rings. The maximum absolute atomic E-state index is 11.7. The van der Waals surface area contributed by atoms with E-state index in [1.54, 1.807) is 6.07 Å². The monoisotopic (exact) mass is 288 g/mol. The molecule has 2 bridgehead atoms. The third kappa shape index (κ3) is 1.64. The van der Waals surface area contributed by atoms with Crippen LogP contribution in [0, 0.1) is 10.1 Å². The molecular formula is C18H12N2O2. The zero-order valence-electron chi connectivity index (χ0n) is 11.6. The van der Waals surface area contributed by atoms with E-state index in [-0.39, 0.29) is 10.6 Å². The molecule has 5 rings (SSSR count). The third-order valence-corrected chi connectivity index (χ3v) is 4.06. The number of nitrogen functional groups attached to an aromatic ring is 1. The van der Waals surface area contributed by atoms with E-state index in [9.17, 15) is 10.1 Å². The molecule has 0 radical (unpaired) electrons. The van der Waals surface area contributed by atoms with Crippen molar-refractivity contribution in [3.63, 3.8) is 0 Å². The summed E-state index contributed by atoms with van der Waals surface area (Å²) in [5, 5.41) is 14.9. The van der Waals surface area contributed by atoms with E-state index < -0.39 is 0 Å². The lowest BCUT2D eigenvalue weighted by atomic mass is 9.92. The van der Waals surface area contributed by atoms with Gasteiger partial charge in [0.2, 0.25) is 0 Å². The van der Waals surface area contributed by atoms with Crippen LogP contribution in [0.2, 0.25) is 0 Å². The van der Waals surface area contributed by atoms with Crippen LogP contribution in [0.25, 0.3) is 32.7 Å². The number of nitrogens with zero attached hydrogens (tertiary/aromatic N) is 1. The van der Waals surface area contributed by atoms with E-state index in [1.165, 1.54) is 0 Å². The molecular weight excluding hydrogens is 276 g/mol. The first kappa shape index (κ1) is 12.6.